The van der Waals surface area contributed by atoms with Crippen molar-refractivity contribution < 1.29 is 8.78 Å². The van der Waals surface area contributed by atoms with Crippen LogP contribution in [0.4, 0.5) is 8.78 Å². The Morgan fingerprint density at radius 2 is 1.67 bits per heavy atom. The Balaban J connectivity index is 2.19. The maximum Gasteiger partial charge on any atom is 0.150 e. The molecule has 0 atom stereocenters. The molecule has 0 amide bonds. The highest BCUT2D eigenvalue weighted by Crippen LogP contribution is 2.27. The molecule has 0 bridgehead atoms. The molecule has 1 aromatic heterocycles. The molecule has 0 aliphatic heterocycles. The van der Waals surface area contributed by atoms with Crippen LogP contribution in [0.1, 0.15) is 0 Å². The second-order valence-electron chi connectivity index (χ2n) is 4.04. The zero-order valence-electron chi connectivity index (χ0n) is 9.18. The highest BCUT2D eigenvalue weighted by atomic mass is 35.5. The SMILES string of the molecule is Fc1cc(F)c2[nH]c(-c3ccc(Cl)cc3)cc2c1. The van der Waals surface area contributed by atoms with E-state index in [1.54, 1.807) is 18.2 Å². The van der Waals surface area contributed by atoms with E-state index in [-0.39, 0.29) is 0 Å². The van der Waals surface area contributed by atoms with Gasteiger partial charge >= 0.3 is 0 Å². The van der Waals surface area contributed by atoms with Crippen LogP contribution in [0.3, 0.4) is 0 Å². The minimum absolute atomic E-state index is 0.307. The van der Waals surface area contributed by atoms with Crippen LogP contribution in [-0.2, 0) is 0 Å². The molecule has 1 nitrogen and oxygen atoms in total. The fourth-order valence-corrected chi connectivity index (χ4v) is 2.08. The fourth-order valence-electron chi connectivity index (χ4n) is 1.95. The van der Waals surface area contributed by atoms with E-state index >= 15 is 0 Å². The van der Waals surface area contributed by atoms with Gasteiger partial charge in [0.1, 0.15) is 11.6 Å². The molecule has 2 aromatic carbocycles. The molecule has 1 heterocycles. The Morgan fingerprint density at radius 1 is 0.944 bits per heavy atom. The Labute approximate surface area is 107 Å². The van der Waals surface area contributed by atoms with Gasteiger partial charge in [0.2, 0.25) is 0 Å². The number of rotatable bonds is 1. The van der Waals surface area contributed by atoms with E-state index in [1.165, 1.54) is 6.07 Å². The minimum Gasteiger partial charge on any atom is -0.352 e. The summed E-state index contributed by atoms with van der Waals surface area (Å²) in [6.07, 6.45) is 0. The monoisotopic (exact) mass is 263 g/mol. The smallest absolute Gasteiger partial charge is 0.150 e. The van der Waals surface area contributed by atoms with Gasteiger partial charge in [-0.2, -0.15) is 0 Å². The van der Waals surface area contributed by atoms with Crippen molar-refractivity contribution in [2.75, 3.05) is 0 Å². The van der Waals surface area contributed by atoms with Gasteiger partial charge in [-0.05, 0) is 29.8 Å². The fraction of sp³-hybridized carbons (Fsp3) is 0. The summed E-state index contributed by atoms with van der Waals surface area (Å²) in [5.41, 5.74) is 1.91. The average molecular weight is 264 g/mol. The molecule has 0 aliphatic carbocycles. The molecule has 0 aliphatic rings. The van der Waals surface area contributed by atoms with Crippen molar-refractivity contribution in [1.82, 2.24) is 4.98 Å². The van der Waals surface area contributed by atoms with Crippen molar-refractivity contribution in [2.45, 2.75) is 0 Å². The number of H-pyrrole nitrogens is 1. The van der Waals surface area contributed by atoms with E-state index < -0.39 is 11.6 Å². The average Bonchev–Trinajstić information content (AvgIpc) is 2.74. The number of hydrogen-bond donors (Lipinski definition) is 1. The number of aromatic nitrogens is 1. The summed E-state index contributed by atoms with van der Waals surface area (Å²) >= 11 is 5.80. The van der Waals surface area contributed by atoms with Crippen molar-refractivity contribution in [1.29, 1.82) is 0 Å². The van der Waals surface area contributed by atoms with E-state index in [0.29, 0.717) is 15.9 Å². The van der Waals surface area contributed by atoms with Crippen molar-refractivity contribution >= 4 is 22.5 Å². The first-order valence-electron chi connectivity index (χ1n) is 5.37. The molecular weight excluding hydrogens is 256 g/mol. The predicted molar refractivity (Wildman–Crippen MR) is 68.7 cm³/mol. The maximum absolute atomic E-state index is 13.5. The van der Waals surface area contributed by atoms with Gasteiger partial charge in [-0.15, -0.1) is 0 Å². The van der Waals surface area contributed by atoms with Crippen LogP contribution in [0, 0.1) is 11.6 Å². The van der Waals surface area contributed by atoms with E-state index in [2.05, 4.69) is 4.98 Å². The summed E-state index contributed by atoms with van der Waals surface area (Å²) in [6.45, 7) is 0. The Bertz CT molecular complexity index is 716. The number of fused-ring (bicyclic) bond motifs is 1. The Hall–Kier alpha value is -1.87. The molecule has 0 saturated heterocycles. The van der Waals surface area contributed by atoms with E-state index in [4.69, 9.17) is 11.6 Å². The van der Waals surface area contributed by atoms with E-state index in [9.17, 15) is 8.78 Å². The summed E-state index contributed by atoms with van der Waals surface area (Å²) in [4.78, 5) is 2.94. The highest BCUT2D eigenvalue weighted by molar-refractivity contribution is 6.30. The lowest BCUT2D eigenvalue weighted by Gasteiger charge is -1.97. The van der Waals surface area contributed by atoms with Crippen molar-refractivity contribution in [3.8, 4) is 11.3 Å². The third-order valence-corrected chi connectivity index (χ3v) is 3.05. The van der Waals surface area contributed by atoms with Crippen LogP contribution >= 0.6 is 11.6 Å². The van der Waals surface area contributed by atoms with Crippen LogP contribution < -0.4 is 0 Å². The number of halogens is 3. The van der Waals surface area contributed by atoms with Gasteiger partial charge in [0.25, 0.3) is 0 Å². The second-order valence-corrected chi connectivity index (χ2v) is 4.48. The second kappa shape index (κ2) is 4.10. The van der Waals surface area contributed by atoms with Gasteiger partial charge in [0.15, 0.2) is 0 Å². The first-order chi connectivity index (χ1) is 8.63. The van der Waals surface area contributed by atoms with Crippen LogP contribution in [0.5, 0.6) is 0 Å². The molecule has 0 spiro atoms. The molecule has 4 heteroatoms. The van der Waals surface area contributed by atoms with Crippen molar-refractivity contribution in [2.24, 2.45) is 0 Å². The number of benzene rings is 2. The third kappa shape index (κ3) is 1.87. The van der Waals surface area contributed by atoms with Gasteiger partial charge in [-0.25, -0.2) is 8.78 Å². The molecule has 18 heavy (non-hydrogen) atoms. The summed E-state index contributed by atoms with van der Waals surface area (Å²) < 4.78 is 26.6. The van der Waals surface area contributed by atoms with Crippen molar-refractivity contribution in [3.63, 3.8) is 0 Å². The number of hydrogen-bond acceptors (Lipinski definition) is 0. The largest absolute Gasteiger partial charge is 0.352 e. The van der Waals surface area contributed by atoms with Gasteiger partial charge < -0.3 is 4.98 Å². The summed E-state index contributed by atoms with van der Waals surface area (Å²) in [5, 5.41) is 1.14. The quantitative estimate of drug-likeness (QED) is 0.651. The minimum atomic E-state index is -0.592. The van der Waals surface area contributed by atoms with Gasteiger partial charge in [0, 0.05) is 22.2 Å². The number of aromatic amines is 1. The lowest BCUT2D eigenvalue weighted by atomic mass is 10.1. The van der Waals surface area contributed by atoms with Crippen LogP contribution in [-0.4, -0.2) is 4.98 Å². The number of nitrogens with one attached hydrogen (secondary N) is 1. The molecular formula is C14H8ClF2N. The lowest BCUT2D eigenvalue weighted by Crippen LogP contribution is -1.81. The van der Waals surface area contributed by atoms with Gasteiger partial charge in [-0.1, -0.05) is 23.7 Å². The molecule has 1 N–H and O–H groups in total. The van der Waals surface area contributed by atoms with Gasteiger partial charge in [-0.3, -0.25) is 0 Å². The molecule has 0 saturated carbocycles. The molecule has 3 aromatic rings. The Kier molecular flexibility index (Phi) is 2.56. The summed E-state index contributed by atoms with van der Waals surface area (Å²) in [6, 6.07) is 11.0. The maximum atomic E-state index is 13.5. The van der Waals surface area contributed by atoms with E-state index in [1.807, 2.05) is 12.1 Å². The zero-order chi connectivity index (χ0) is 12.7. The molecule has 0 radical (unpaired) electrons. The topological polar surface area (TPSA) is 15.8 Å². The first kappa shape index (κ1) is 11.2. The first-order valence-corrected chi connectivity index (χ1v) is 5.75. The standard InChI is InChI=1S/C14H8ClF2N/c15-10-3-1-8(2-4-10)13-6-9-5-11(16)7-12(17)14(9)18-13/h1-7,18H. The molecule has 90 valence electrons. The third-order valence-electron chi connectivity index (χ3n) is 2.80. The summed E-state index contributed by atoms with van der Waals surface area (Å²) in [7, 11) is 0. The van der Waals surface area contributed by atoms with E-state index in [0.717, 1.165) is 17.3 Å². The summed E-state index contributed by atoms with van der Waals surface area (Å²) in [5.74, 6) is -1.17. The molecule has 3 rings (SSSR count). The zero-order valence-corrected chi connectivity index (χ0v) is 9.93. The highest BCUT2D eigenvalue weighted by Gasteiger charge is 2.09. The van der Waals surface area contributed by atoms with Gasteiger partial charge in [0.05, 0.1) is 5.52 Å². The molecule has 0 fully saturated rings. The Morgan fingerprint density at radius 3 is 2.39 bits per heavy atom. The van der Waals surface area contributed by atoms with Crippen LogP contribution in [0.15, 0.2) is 42.5 Å². The molecule has 0 unspecified atom stereocenters. The normalized spacial score (nSPS) is 11.1. The van der Waals surface area contributed by atoms with Crippen molar-refractivity contribution in [3.05, 3.63) is 59.1 Å². The van der Waals surface area contributed by atoms with Crippen LogP contribution in [0.25, 0.3) is 22.2 Å². The lowest BCUT2D eigenvalue weighted by molar-refractivity contribution is 0.591. The van der Waals surface area contributed by atoms with Crippen LogP contribution in [0.2, 0.25) is 5.02 Å². The predicted octanol–water partition coefficient (Wildman–Crippen LogP) is 4.77.